The molecule has 8 heteroatoms. The molecule has 0 aliphatic rings. The van der Waals surface area contributed by atoms with Gasteiger partial charge in [-0.2, -0.15) is 11.3 Å². The highest BCUT2D eigenvalue weighted by Gasteiger charge is 2.24. The largest absolute Gasteiger partial charge is 0.384 e. The number of fused-ring (bicyclic) bond motifs is 1. The van der Waals surface area contributed by atoms with E-state index in [0.29, 0.717) is 13.1 Å². The van der Waals surface area contributed by atoms with Crippen LogP contribution in [0.2, 0.25) is 0 Å². The second-order valence-corrected chi connectivity index (χ2v) is 9.32. The molecule has 1 aromatic carbocycles. The first-order chi connectivity index (χ1) is 12.8. The third-order valence-electron chi connectivity index (χ3n) is 4.34. The fourth-order valence-electron chi connectivity index (χ4n) is 2.81. The maximum Gasteiger partial charge on any atom is 0.240 e. The molecule has 0 saturated carbocycles. The smallest absolute Gasteiger partial charge is 0.240 e. The summed E-state index contributed by atoms with van der Waals surface area (Å²) in [6.07, 6.45) is 3.34. The average molecular weight is 406 g/mol. The van der Waals surface area contributed by atoms with Crippen LogP contribution in [0.25, 0.3) is 10.8 Å². The quantitative estimate of drug-likeness (QED) is 0.535. The van der Waals surface area contributed by atoms with Gasteiger partial charge in [0.15, 0.2) is 0 Å². The van der Waals surface area contributed by atoms with Crippen LogP contribution in [0.1, 0.15) is 19.4 Å². The van der Waals surface area contributed by atoms with E-state index in [4.69, 9.17) is 0 Å². The zero-order chi connectivity index (χ0) is 19.5. The number of aromatic nitrogens is 1. The van der Waals surface area contributed by atoms with Crippen LogP contribution in [0.3, 0.4) is 0 Å². The maximum absolute atomic E-state index is 12.6. The van der Waals surface area contributed by atoms with Gasteiger partial charge in [-0.1, -0.05) is 6.07 Å². The number of thiophene rings is 1. The number of hydrogen-bond acceptors (Lipinski definition) is 6. The van der Waals surface area contributed by atoms with Crippen LogP contribution < -0.4 is 10.0 Å². The van der Waals surface area contributed by atoms with Crippen molar-refractivity contribution in [1.82, 2.24) is 15.0 Å². The van der Waals surface area contributed by atoms with Gasteiger partial charge in [-0.15, -0.1) is 0 Å². The zero-order valence-electron chi connectivity index (χ0n) is 15.2. The zero-order valence-corrected chi connectivity index (χ0v) is 16.8. The number of hydrogen-bond donors (Lipinski definition) is 3. The van der Waals surface area contributed by atoms with Crippen LogP contribution in [-0.2, 0) is 15.6 Å². The van der Waals surface area contributed by atoms with Crippen molar-refractivity contribution in [2.75, 3.05) is 13.1 Å². The summed E-state index contributed by atoms with van der Waals surface area (Å²) in [5.41, 5.74) is -0.149. The molecule has 144 valence electrons. The molecule has 1 unspecified atom stereocenters. The van der Waals surface area contributed by atoms with Crippen molar-refractivity contribution in [3.8, 4) is 0 Å². The molecule has 0 aliphatic heterocycles. The van der Waals surface area contributed by atoms with E-state index in [-0.39, 0.29) is 10.9 Å². The van der Waals surface area contributed by atoms with Crippen LogP contribution in [0, 0.1) is 0 Å². The van der Waals surface area contributed by atoms with E-state index in [1.54, 1.807) is 50.5 Å². The van der Waals surface area contributed by atoms with Crippen molar-refractivity contribution in [2.45, 2.75) is 30.4 Å². The summed E-state index contributed by atoms with van der Waals surface area (Å²) in [7, 11) is -3.63. The Kier molecular flexibility index (Phi) is 5.92. The molecule has 3 aromatic rings. The Balaban J connectivity index is 1.59. The van der Waals surface area contributed by atoms with E-state index in [2.05, 4.69) is 15.0 Å². The van der Waals surface area contributed by atoms with E-state index in [1.165, 1.54) is 11.3 Å². The normalized spacial score (nSPS) is 15.5. The summed E-state index contributed by atoms with van der Waals surface area (Å²) >= 11 is 1.53. The Labute approximate surface area is 163 Å². The van der Waals surface area contributed by atoms with Crippen molar-refractivity contribution in [3.05, 3.63) is 59.0 Å². The highest BCUT2D eigenvalue weighted by Crippen LogP contribution is 2.22. The Morgan fingerprint density at radius 2 is 2.07 bits per heavy atom. The number of aliphatic hydroxyl groups is 1. The molecule has 3 N–H and O–H groups in total. The van der Waals surface area contributed by atoms with Crippen molar-refractivity contribution >= 4 is 32.1 Å². The molecular weight excluding hydrogens is 382 g/mol. The highest BCUT2D eigenvalue weighted by molar-refractivity contribution is 7.89. The lowest BCUT2D eigenvalue weighted by atomic mass is 9.99. The topological polar surface area (TPSA) is 91.3 Å². The maximum atomic E-state index is 12.6. The molecule has 0 aliphatic carbocycles. The molecular formula is C19H23N3O3S2. The first-order valence-corrected chi connectivity index (χ1v) is 11.0. The number of sulfonamides is 1. The van der Waals surface area contributed by atoms with Crippen LogP contribution >= 0.6 is 11.3 Å². The first kappa shape index (κ1) is 19.9. The highest BCUT2D eigenvalue weighted by atomic mass is 32.2. The van der Waals surface area contributed by atoms with E-state index >= 15 is 0 Å². The molecule has 2 aromatic heterocycles. The molecule has 0 bridgehead atoms. The van der Waals surface area contributed by atoms with Gasteiger partial charge >= 0.3 is 0 Å². The second kappa shape index (κ2) is 8.04. The fraction of sp³-hybridized carbons (Fsp3) is 0.316. The molecule has 3 rings (SSSR count). The van der Waals surface area contributed by atoms with Crippen molar-refractivity contribution in [3.63, 3.8) is 0 Å². The van der Waals surface area contributed by atoms with E-state index < -0.39 is 15.6 Å². The minimum atomic E-state index is -3.63. The lowest BCUT2D eigenvalue weighted by molar-refractivity contribution is 0.0573. The summed E-state index contributed by atoms with van der Waals surface area (Å²) < 4.78 is 27.9. The number of pyridine rings is 1. The summed E-state index contributed by atoms with van der Waals surface area (Å²) in [5, 5.41) is 19.2. The number of nitrogens with one attached hydrogen (secondary N) is 2. The predicted octanol–water partition coefficient (Wildman–Crippen LogP) is 2.46. The third kappa shape index (κ3) is 4.91. The summed E-state index contributed by atoms with van der Waals surface area (Å²) in [5.74, 6) is 0. The van der Waals surface area contributed by atoms with Crippen LogP contribution in [0.5, 0.6) is 0 Å². The van der Waals surface area contributed by atoms with Gasteiger partial charge in [-0.3, -0.25) is 4.98 Å². The third-order valence-corrected chi connectivity index (χ3v) is 6.61. The molecule has 0 radical (unpaired) electrons. The minimum absolute atomic E-state index is 0.221. The minimum Gasteiger partial charge on any atom is -0.384 e. The average Bonchev–Trinajstić information content (AvgIpc) is 3.16. The Morgan fingerprint density at radius 3 is 2.81 bits per heavy atom. The summed E-state index contributed by atoms with van der Waals surface area (Å²) in [4.78, 5) is 4.25. The summed E-state index contributed by atoms with van der Waals surface area (Å²) in [6, 6.07) is 8.30. The van der Waals surface area contributed by atoms with Crippen LogP contribution in [-0.4, -0.2) is 37.6 Å². The molecule has 2 atom stereocenters. The van der Waals surface area contributed by atoms with Crippen LogP contribution in [0.15, 0.2) is 58.4 Å². The van der Waals surface area contributed by atoms with Gasteiger partial charge in [-0.25, -0.2) is 13.1 Å². The van der Waals surface area contributed by atoms with Gasteiger partial charge in [0.1, 0.15) is 0 Å². The molecule has 0 amide bonds. The van der Waals surface area contributed by atoms with Gasteiger partial charge in [0.05, 0.1) is 10.5 Å². The van der Waals surface area contributed by atoms with Crippen molar-refractivity contribution < 1.29 is 13.5 Å². The Morgan fingerprint density at radius 1 is 1.26 bits per heavy atom. The van der Waals surface area contributed by atoms with Gasteiger partial charge < -0.3 is 10.4 Å². The van der Waals surface area contributed by atoms with Gasteiger partial charge in [0.25, 0.3) is 0 Å². The number of rotatable bonds is 8. The van der Waals surface area contributed by atoms with E-state index in [0.717, 1.165) is 16.3 Å². The second-order valence-electron chi connectivity index (χ2n) is 6.82. The monoisotopic (exact) mass is 405 g/mol. The Bertz CT molecular complexity index is 1000. The van der Waals surface area contributed by atoms with Gasteiger partial charge in [0, 0.05) is 36.9 Å². The number of nitrogens with zero attached hydrogens (tertiary/aromatic N) is 1. The van der Waals surface area contributed by atoms with Gasteiger partial charge in [-0.05, 0) is 59.8 Å². The molecule has 0 saturated heterocycles. The lowest BCUT2D eigenvalue weighted by Gasteiger charge is -2.24. The summed E-state index contributed by atoms with van der Waals surface area (Å²) in [6.45, 7) is 4.26. The lowest BCUT2D eigenvalue weighted by Crippen LogP contribution is -2.43. The standard InChI is InChI=1S/C19H23N3O3S2/c1-14(10-21-13-19(2,23)17-6-8-26-12-17)22-27(24,25)18-4-3-16-11-20-7-5-15(16)9-18/h3-9,11-12,14,21-23H,10,13H2,1-2H3/t14-,19?/m1/s1. The van der Waals surface area contributed by atoms with E-state index in [1.807, 2.05) is 16.8 Å². The van der Waals surface area contributed by atoms with Gasteiger partial charge in [0.2, 0.25) is 10.0 Å². The molecule has 27 heavy (non-hydrogen) atoms. The van der Waals surface area contributed by atoms with E-state index in [9.17, 15) is 13.5 Å². The first-order valence-electron chi connectivity index (χ1n) is 8.60. The SMILES string of the molecule is C[C@H](CNCC(C)(O)c1ccsc1)NS(=O)(=O)c1ccc2cnccc2c1. The molecule has 0 fully saturated rings. The van der Waals surface area contributed by atoms with Crippen molar-refractivity contribution in [2.24, 2.45) is 0 Å². The predicted molar refractivity (Wildman–Crippen MR) is 108 cm³/mol. The fourth-order valence-corrected chi connectivity index (χ4v) is 4.87. The molecule has 0 spiro atoms. The van der Waals surface area contributed by atoms with Crippen LogP contribution in [0.4, 0.5) is 0 Å². The number of benzene rings is 1. The van der Waals surface area contributed by atoms with Crippen molar-refractivity contribution in [1.29, 1.82) is 0 Å². The Hall–Kier alpha value is -1.84. The molecule has 6 nitrogen and oxygen atoms in total. The molecule has 2 heterocycles.